The Morgan fingerprint density at radius 3 is 2.66 bits per heavy atom. The summed E-state index contributed by atoms with van der Waals surface area (Å²) >= 11 is 1.41. The molecule has 6 nitrogen and oxygen atoms in total. The quantitative estimate of drug-likeness (QED) is 0.446. The zero-order valence-electron chi connectivity index (χ0n) is 19.4. The van der Waals surface area contributed by atoms with Gasteiger partial charge in [0, 0.05) is 23.5 Å². The van der Waals surface area contributed by atoms with E-state index in [-0.39, 0.29) is 11.6 Å². The second-order valence-electron chi connectivity index (χ2n) is 8.50. The Morgan fingerprint density at radius 1 is 1.03 bits per heavy atom. The summed E-state index contributed by atoms with van der Waals surface area (Å²) < 4.78 is 13.8. The standard InChI is InChI=1S/C28H23N3O3S/c1-33-19-8-10-23(34-2)22(16-19)26-21-9-7-18-5-3-4-6-20(18)25(21)30-28-31(26)27(32)24(35-28)15-17-11-13-29-14-12-17/h3-6,8,10-16,26H,7,9H2,1-2H3. The van der Waals surface area contributed by atoms with Gasteiger partial charge in [-0.15, -0.1) is 0 Å². The van der Waals surface area contributed by atoms with Crippen LogP contribution in [0.2, 0.25) is 0 Å². The van der Waals surface area contributed by atoms with E-state index < -0.39 is 0 Å². The van der Waals surface area contributed by atoms with Crippen molar-refractivity contribution in [2.45, 2.75) is 18.9 Å². The molecule has 35 heavy (non-hydrogen) atoms. The fourth-order valence-electron chi connectivity index (χ4n) is 4.96. The van der Waals surface area contributed by atoms with Crippen molar-refractivity contribution in [2.24, 2.45) is 4.99 Å². The number of rotatable bonds is 4. The van der Waals surface area contributed by atoms with Gasteiger partial charge in [0.15, 0.2) is 4.80 Å². The molecule has 1 aliphatic heterocycles. The van der Waals surface area contributed by atoms with Crippen LogP contribution in [0.15, 0.2) is 82.4 Å². The summed E-state index contributed by atoms with van der Waals surface area (Å²) in [6.45, 7) is 0. The van der Waals surface area contributed by atoms with Crippen molar-refractivity contribution in [1.82, 2.24) is 9.55 Å². The van der Waals surface area contributed by atoms with Crippen LogP contribution in [-0.4, -0.2) is 23.8 Å². The molecule has 1 atom stereocenters. The van der Waals surface area contributed by atoms with E-state index in [2.05, 4.69) is 23.2 Å². The lowest BCUT2D eigenvalue weighted by atomic mass is 9.83. The van der Waals surface area contributed by atoms with Crippen LogP contribution in [0.3, 0.4) is 0 Å². The van der Waals surface area contributed by atoms with Gasteiger partial charge < -0.3 is 9.47 Å². The molecule has 0 amide bonds. The number of hydrogen-bond donors (Lipinski definition) is 0. The monoisotopic (exact) mass is 481 g/mol. The summed E-state index contributed by atoms with van der Waals surface area (Å²) in [5, 5.41) is 0. The molecule has 1 aliphatic carbocycles. The fraction of sp³-hybridized carbons (Fsp3) is 0.179. The van der Waals surface area contributed by atoms with Crippen LogP contribution >= 0.6 is 11.3 Å². The lowest BCUT2D eigenvalue weighted by molar-refractivity contribution is 0.392. The summed E-state index contributed by atoms with van der Waals surface area (Å²) in [5.41, 5.74) is 6.25. The average Bonchev–Trinajstić information content (AvgIpc) is 3.21. The zero-order chi connectivity index (χ0) is 23.9. The highest BCUT2D eigenvalue weighted by Crippen LogP contribution is 2.44. The van der Waals surface area contributed by atoms with Crippen LogP contribution in [0, 0.1) is 0 Å². The van der Waals surface area contributed by atoms with E-state index in [0.717, 1.165) is 46.6 Å². The summed E-state index contributed by atoms with van der Waals surface area (Å²) in [7, 11) is 3.30. The summed E-state index contributed by atoms with van der Waals surface area (Å²) in [5.74, 6) is 1.43. The number of methoxy groups -OCH3 is 2. The summed E-state index contributed by atoms with van der Waals surface area (Å²) in [6, 6.07) is 17.6. The first-order valence-corrected chi connectivity index (χ1v) is 12.2. The van der Waals surface area contributed by atoms with E-state index in [1.165, 1.54) is 16.9 Å². The molecule has 0 saturated heterocycles. The Balaban J connectivity index is 1.67. The molecule has 0 saturated carbocycles. The number of aromatic nitrogens is 2. The topological polar surface area (TPSA) is 65.7 Å². The molecule has 2 aromatic carbocycles. The molecule has 4 aromatic rings. The van der Waals surface area contributed by atoms with Crippen molar-refractivity contribution in [1.29, 1.82) is 0 Å². The third-order valence-electron chi connectivity index (χ3n) is 6.61. The number of pyridine rings is 1. The van der Waals surface area contributed by atoms with Crippen LogP contribution in [0.1, 0.15) is 34.7 Å². The van der Waals surface area contributed by atoms with Crippen molar-refractivity contribution < 1.29 is 9.47 Å². The molecule has 0 bridgehead atoms. The van der Waals surface area contributed by atoms with Crippen LogP contribution in [0.4, 0.5) is 0 Å². The molecule has 6 rings (SSSR count). The predicted octanol–water partition coefficient (Wildman–Crippen LogP) is 3.73. The van der Waals surface area contributed by atoms with Crippen LogP contribution in [0.5, 0.6) is 11.5 Å². The van der Waals surface area contributed by atoms with Crippen molar-refractivity contribution in [3.05, 3.63) is 115 Å². The van der Waals surface area contributed by atoms with Gasteiger partial charge in [0.25, 0.3) is 5.56 Å². The minimum absolute atomic E-state index is 0.0640. The highest BCUT2D eigenvalue weighted by molar-refractivity contribution is 7.07. The van der Waals surface area contributed by atoms with Gasteiger partial charge >= 0.3 is 0 Å². The molecular formula is C28H23N3O3S. The zero-order valence-corrected chi connectivity index (χ0v) is 20.2. The van der Waals surface area contributed by atoms with Gasteiger partial charge in [-0.1, -0.05) is 35.6 Å². The number of aryl methyl sites for hydroxylation is 1. The largest absolute Gasteiger partial charge is 0.497 e. The maximum Gasteiger partial charge on any atom is 0.271 e. The van der Waals surface area contributed by atoms with Gasteiger partial charge in [0.1, 0.15) is 11.5 Å². The molecule has 174 valence electrons. The van der Waals surface area contributed by atoms with E-state index >= 15 is 0 Å². The van der Waals surface area contributed by atoms with E-state index in [1.54, 1.807) is 26.6 Å². The minimum atomic E-state index is -0.334. The van der Waals surface area contributed by atoms with E-state index in [4.69, 9.17) is 14.5 Å². The molecule has 2 aromatic heterocycles. The number of allylic oxidation sites excluding steroid dienone is 1. The third-order valence-corrected chi connectivity index (χ3v) is 7.59. The Bertz CT molecular complexity index is 1650. The second-order valence-corrected chi connectivity index (χ2v) is 9.51. The lowest BCUT2D eigenvalue weighted by Gasteiger charge is -2.31. The Labute approximate surface area is 206 Å². The molecule has 0 radical (unpaired) electrons. The molecule has 0 N–H and O–H groups in total. The molecule has 0 spiro atoms. The number of nitrogens with zero attached hydrogens (tertiary/aromatic N) is 3. The Hall–Kier alpha value is -3.97. The summed E-state index contributed by atoms with van der Waals surface area (Å²) in [4.78, 5) is 23.7. The number of hydrogen-bond acceptors (Lipinski definition) is 6. The Kier molecular flexibility index (Phi) is 5.34. The van der Waals surface area contributed by atoms with E-state index in [9.17, 15) is 4.79 Å². The smallest absolute Gasteiger partial charge is 0.271 e. The molecule has 1 unspecified atom stereocenters. The average molecular weight is 482 g/mol. The number of thiazole rings is 1. The fourth-order valence-corrected chi connectivity index (χ4v) is 5.96. The minimum Gasteiger partial charge on any atom is -0.497 e. The molecule has 3 heterocycles. The van der Waals surface area contributed by atoms with Crippen LogP contribution < -0.4 is 24.4 Å². The molecule has 7 heteroatoms. The number of ether oxygens (including phenoxy) is 2. The van der Waals surface area contributed by atoms with E-state index in [1.807, 2.05) is 47.0 Å². The van der Waals surface area contributed by atoms with Crippen LogP contribution in [-0.2, 0) is 6.42 Å². The maximum absolute atomic E-state index is 13.8. The van der Waals surface area contributed by atoms with Crippen molar-refractivity contribution in [2.75, 3.05) is 14.2 Å². The van der Waals surface area contributed by atoms with Crippen molar-refractivity contribution in [3.8, 4) is 11.5 Å². The van der Waals surface area contributed by atoms with Crippen molar-refractivity contribution >= 4 is 23.1 Å². The Morgan fingerprint density at radius 2 is 1.86 bits per heavy atom. The van der Waals surface area contributed by atoms with Gasteiger partial charge in [-0.05, 0) is 65.9 Å². The summed E-state index contributed by atoms with van der Waals surface area (Å²) in [6.07, 6.45) is 7.07. The van der Waals surface area contributed by atoms with Gasteiger partial charge in [-0.3, -0.25) is 14.3 Å². The second kappa shape index (κ2) is 8.67. The number of fused-ring (bicyclic) bond motifs is 3. The highest BCUT2D eigenvalue weighted by Gasteiger charge is 2.34. The van der Waals surface area contributed by atoms with Crippen LogP contribution in [0.25, 0.3) is 11.8 Å². The third kappa shape index (κ3) is 3.59. The first-order valence-electron chi connectivity index (χ1n) is 11.4. The van der Waals surface area contributed by atoms with Gasteiger partial charge in [-0.2, -0.15) is 0 Å². The van der Waals surface area contributed by atoms with E-state index in [0.29, 0.717) is 15.1 Å². The predicted molar refractivity (Wildman–Crippen MR) is 137 cm³/mol. The molecular weight excluding hydrogens is 458 g/mol. The van der Waals surface area contributed by atoms with Crippen molar-refractivity contribution in [3.63, 3.8) is 0 Å². The van der Waals surface area contributed by atoms with Gasteiger partial charge in [0.05, 0.1) is 30.5 Å². The van der Waals surface area contributed by atoms with Gasteiger partial charge in [0.2, 0.25) is 0 Å². The normalized spacial score (nSPS) is 16.7. The SMILES string of the molecule is COc1ccc(OC)c(C2C3=C(N=c4sc(=Cc5ccncc5)c(=O)n42)c2ccccc2CC3)c1. The molecule has 0 fully saturated rings. The number of benzene rings is 2. The molecule has 2 aliphatic rings. The first kappa shape index (κ1) is 21.6. The first-order chi connectivity index (χ1) is 17.2. The highest BCUT2D eigenvalue weighted by atomic mass is 32.1. The lowest BCUT2D eigenvalue weighted by Crippen LogP contribution is -2.39. The van der Waals surface area contributed by atoms with Gasteiger partial charge in [-0.25, -0.2) is 4.99 Å². The maximum atomic E-state index is 13.8.